The summed E-state index contributed by atoms with van der Waals surface area (Å²) in [6.07, 6.45) is -2.85. The summed E-state index contributed by atoms with van der Waals surface area (Å²) in [6, 6.07) is 10.5. The Morgan fingerprint density at radius 1 is 1.21 bits per heavy atom. The normalized spacial score (nSPS) is 14.4. The van der Waals surface area contributed by atoms with Crippen molar-refractivity contribution in [2.75, 3.05) is 0 Å². The number of rotatable bonds is 5. The molecule has 0 saturated heterocycles. The van der Waals surface area contributed by atoms with Gasteiger partial charge in [0.2, 0.25) is 0 Å². The lowest BCUT2D eigenvalue weighted by Gasteiger charge is -2.24. The summed E-state index contributed by atoms with van der Waals surface area (Å²) in [5.74, 6) is -0.285. The second-order valence-electron chi connectivity index (χ2n) is 6.93. The first-order valence-corrected chi connectivity index (χ1v) is 9.18. The molecule has 1 aliphatic carbocycles. The van der Waals surface area contributed by atoms with Crippen LogP contribution in [-0.2, 0) is 19.3 Å². The lowest BCUT2D eigenvalue weighted by atomic mass is 10.1. The van der Waals surface area contributed by atoms with Gasteiger partial charge in [-0.3, -0.25) is 4.79 Å². The Morgan fingerprint density at radius 3 is 2.64 bits per heavy atom. The van der Waals surface area contributed by atoms with Crippen molar-refractivity contribution in [3.63, 3.8) is 0 Å². The maximum Gasteiger partial charge on any atom is 0.416 e. The molecule has 1 amide bonds. The van der Waals surface area contributed by atoms with Gasteiger partial charge in [-0.25, -0.2) is 4.68 Å². The molecule has 0 spiro atoms. The van der Waals surface area contributed by atoms with E-state index in [0.717, 1.165) is 24.4 Å². The second-order valence-corrected chi connectivity index (χ2v) is 6.93. The van der Waals surface area contributed by atoms with E-state index < -0.39 is 11.7 Å². The minimum Gasteiger partial charge on any atom is -0.331 e. The number of aryl methyl sites for hydroxylation is 1. The standard InChI is InChI=1S/C20H19F3N4O/c1-2-27-18-10-7-13(11-17(18)24-25-27)19(28)26(15-8-9-15)12-14-5-3-4-6-16(14)20(21,22)23/h3-7,10-11,15H,2,8-9,12H2,1H3. The van der Waals surface area contributed by atoms with Crippen LogP contribution in [0.3, 0.4) is 0 Å². The van der Waals surface area contributed by atoms with Crippen LogP contribution < -0.4 is 0 Å². The summed E-state index contributed by atoms with van der Waals surface area (Å²) >= 11 is 0. The van der Waals surface area contributed by atoms with E-state index in [1.165, 1.54) is 17.0 Å². The maximum atomic E-state index is 13.3. The third-order valence-corrected chi connectivity index (χ3v) is 4.97. The molecule has 0 N–H and O–H groups in total. The Morgan fingerprint density at radius 2 is 1.96 bits per heavy atom. The summed E-state index contributed by atoms with van der Waals surface area (Å²) in [4.78, 5) is 14.6. The molecule has 28 heavy (non-hydrogen) atoms. The molecule has 0 radical (unpaired) electrons. The first kappa shape index (κ1) is 18.5. The Kier molecular flexibility index (Phi) is 4.56. The van der Waals surface area contributed by atoms with E-state index in [1.54, 1.807) is 28.9 Å². The topological polar surface area (TPSA) is 51.0 Å². The first-order valence-electron chi connectivity index (χ1n) is 9.18. The zero-order valence-electron chi connectivity index (χ0n) is 15.3. The summed E-state index contributed by atoms with van der Waals surface area (Å²) in [5, 5.41) is 8.11. The van der Waals surface area contributed by atoms with Crippen LogP contribution in [0.25, 0.3) is 11.0 Å². The van der Waals surface area contributed by atoms with Gasteiger partial charge in [0.1, 0.15) is 5.52 Å². The third kappa shape index (κ3) is 3.46. The summed E-state index contributed by atoms with van der Waals surface area (Å²) in [7, 11) is 0. The molecule has 1 heterocycles. The van der Waals surface area contributed by atoms with Crippen LogP contribution in [0.4, 0.5) is 13.2 Å². The van der Waals surface area contributed by atoms with Crippen LogP contribution in [0.15, 0.2) is 42.5 Å². The number of aromatic nitrogens is 3. The van der Waals surface area contributed by atoms with Crippen molar-refractivity contribution in [1.82, 2.24) is 19.9 Å². The number of amides is 1. The smallest absolute Gasteiger partial charge is 0.331 e. The highest BCUT2D eigenvalue weighted by Gasteiger charge is 2.37. The number of hydrogen-bond acceptors (Lipinski definition) is 3. The van der Waals surface area contributed by atoms with E-state index in [4.69, 9.17) is 0 Å². The van der Waals surface area contributed by atoms with Gasteiger partial charge >= 0.3 is 6.18 Å². The summed E-state index contributed by atoms with van der Waals surface area (Å²) in [5.41, 5.74) is 1.23. The molecule has 146 valence electrons. The minimum atomic E-state index is -4.45. The van der Waals surface area contributed by atoms with Crippen molar-refractivity contribution in [3.05, 3.63) is 59.2 Å². The van der Waals surface area contributed by atoms with Crippen molar-refractivity contribution in [3.8, 4) is 0 Å². The first-order chi connectivity index (χ1) is 13.4. The number of halogens is 3. The van der Waals surface area contributed by atoms with Crippen molar-refractivity contribution >= 4 is 16.9 Å². The van der Waals surface area contributed by atoms with Crippen molar-refractivity contribution in [1.29, 1.82) is 0 Å². The summed E-state index contributed by atoms with van der Waals surface area (Å²) < 4.78 is 41.7. The summed E-state index contributed by atoms with van der Waals surface area (Å²) in [6.45, 7) is 2.53. The van der Waals surface area contributed by atoms with Gasteiger partial charge in [-0.15, -0.1) is 5.10 Å². The van der Waals surface area contributed by atoms with Crippen LogP contribution in [-0.4, -0.2) is 31.8 Å². The Labute approximate surface area is 159 Å². The van der Waals surface area contributed by atoms with E-state index in [1.807, 2.05) is 6.92 Å². The van der Waals surface area contributed by atoms with Gasteiger partial charge in [0.15, 0.2) is 0 Å². The van der Waals surface area contributed by atoms with E-state index in [9.17, 15) is 18.0 Å². The molecular weight excluding hydrogens is 369 g/mol. The average Bonchev–Trinajstić information content (AvgIpc) is 3.43. The predicted octanol–water partition coefficient (Wildman–Crippen LogP) is 4.27. The molecule has 0 aliphatic heterocycles. The molecule has 3 aromatic rings. The highest BCUT2D eigenvalue weighted by molar-refractivity contribution is 5.97. The van der Waals surface area contributed by atoms with Gasteiger partial charge < -0.3 is 4.90 Å². The number of fused-ring (bicyclic) bond motifs is 1. The molecule has 2 aromatic carbocycles. The highest BCUT2D eigenvalue weighted by Crippen LogP contribution is 2.35. The predicted molar refractivity (Wildman–Crippen MR) is 97.5 cm³/mol. The van der Waals surface area contributed by atoms with Crippen molar-refractivity contribution in [2.24, 2.45) is 0 Å². The van der Waals surface area contributed by atoms with Crippen molar-refractivity contribution in [2.45, 2.75) is 45.1 Å². The number of nitrogens with zero attached hydrogens (tertiary/aromatic N) is 4. The SMILES string of the molecule is CCn1nnc2cc(C(=O)N(Cc3ccccc3C(F)(F)F)C3CC3)ccc21. The molecule has 1 fully saturated rings. The Hall–Kier alpha value is -2.90. The third-order valence-electron chi connectivity index (χ3n) is 4.97. The fourth-order valence-electron chi connectivity index (χ4n) is 3.38. The molecule has 1 aromatic heterocycles. The Bertz CT molecular complexity index is 1020. The molecule has 0 unspecified atom stereocenters. The zero-order valence-corrected chi connectivity index (χ0v) is 15.3. The van der Waals surface area contributed by atoms with Crippen molar-refractivity contribution < 1.29 is 18.0 Å². The number of hydrogen-bond donors (Lipinski definition) is 0. The van der Waals surface area contributed by atoms with E-state index in [-0.39, 0.29) is 24.1 Å². The largest absolute Gasteiger partial charge is 0.416 e. The monoisotopic (exact) mass is 388 g/mol. The fourth-order valence-corrected chi connectivity index (χ4v) is 3.38. The number of alkyl halides is 3. The Balaban J connectivity index is 1.65. The average molecular weight is 388 g/mol. The zero-order chi connectivity index (χ0) is 19.9. The van der Waals surface area contributed by atoms with E-state index in [2.05, 4.69) is 10.3 Å². The maximum absolute atomic E-state index is 13.3. The van der Waals surface area contributed by atoms with Gasteiger partial charge in [0.25, 0.3) is 5.91 Å². The molecule has 5 nitrogen and oxygen atoms in total. The molecule has 4 rings (SSSR count). The molecule has 0 bridgehead atoms. The van der Waals surface area contributed by atoms with Crippen LogP contribution in [0.5, 0.6) is 0 Å². The molecule has 1 saturated carbocycles. The molecule has 8 heteroatoms. The van der Waals surface area contributed by atoms with Crippen LogP contribution >= 0.6 is 0 Å². The quantitative estimate of drug-likeness (QED) is 0.656. The highest BCUT2D eigenvalue weighted by atomic mass is 19.4. The molecule has 0 atom stereocenters. The number of benzene rings is 2. The van der Waals surface area contributed by atoms with Gasteiger partial charge in [-0.2, -0.15) is 13.2 Å². The minimum absolute atomic E-state index is 0.0317. The van der Waals surface area contributed by atoms with E-state index >= 15 is 0 Å². The van der Waals surface area contributed by atoms with Crippen LogP contribution in [0.1, 0.15) is 41.3 Å². The van der Waals surface area contributed by atoms with Gasteiger partial charge in [-0.1, -0.05) is 23.4 Å². The van der Waals surface area contributed by atoms with Gasteiger partial charge in [0.05, 0.1) is 11.1 Å². The fraction of sp³-hybridized carbons (Fsp3) is 0.350. The van der Waals surface area contributed by atoms with Crippen LogP contribution in [0, 0.1) is 0 Å². The van der Waals surface area contributed by atoms with Gasteiger partial charge in [-0.05, 0) is 49.6 Å². The van der Waals surface area contributed by atoms with Gasteiger partial charge in [0, 0.05) is 24.7 Å². The number of carbonyl (C=O) groups is 1. The number of carbonyl (C=O) groups excluding carboxylic acids is 1. The molecule has 1 aliphatic rings. The molecular formula is C20H19F3N4O. The second kappa shape index (κ2) is 6.92. The van der Waals surface area contributed by atoms with E-state index in [0.29, 0.717) is 17.6 Å². The lowest BCUT2D eigenvalue weighted by molar-refractivity contribution is -0.138. The van der Waals surface area contributed by atoms with Crippen LogP contribution in [0.2, 0.25) is 0 Å². The lowest BCUT2D eigenvalue weighted by Crippen LogP contribution is -2.33.